The number of likely N-dealkylation sites (tertiary alicyclic amines) is 1. The van der Waals surface area contributed by atoms with E-state index in [4.69, 9.17) is 0 Å². The van der Waals surface area contributed by atoms with E-state index in [1.807, 2.05) is 6.26 Å². The van der Waals surface area contributed by atoms with Crippen molar-refractivity contribution in [2.75, 3.05) is 12.0 Å². The van der Waals surface area contributed by atoms with Crippen LogP contribution in [0.3, 0.4) is 0 Å². The molecule has 1 aliphatic heterocycles. The number of carbonyl (C=O) groups excluding carboxylic acids is 3. The van der Waals surface area contributed by atoms with Gasteiger partial charge in [-0.25, -0.2) is 4.39 Å². The van der Waals surface area contributed by atoms with Gasteiger partial charge in [0.25, 0.3) is 0 Å². The van der Waals surface area contributed by atoms with Crippen molar-refractivity contribution in [3.63, 3.8) is 0 Å². The third-order valence-electron chi connectivity index (χ3n) is 5.46. The predicted molar refractivity (Wildman–Crippen MR) is 102 cm³/mol. The molecule has 1 aliphatic carbocycles. The highest BCUT2D eigenvalue weighted by Gasteiger charge is 2.51. The number of imide groups is 1. The van der Waals surface area contributed by atoms with Crippen LogP contribution >= 0.6 is 11.8 Å². The van der Waals surface area contributed by atoms with Crippen LogP contribution in [0.15, 0.2) is 24.3 Å². The van der Waals surface area contributed by atoms with Crippen molar-refractivity contribution < 1.29 is 18.8 Å². The van der Waals surface area contributed by atoms with E-state index in [1.54, 1.807) is 23.9 Å². The molecule has 0 bridgehead atoms. The normalized spacial score (nSPS) is 23.3. The molecule has 2 fully saturated rings. The fourth-order valence-corrected chi connectivity index (χ4v) is 4.47. The highest BCUT2D eigenvalue weighted by Crippen LogP contribution is 2.39. The van der Waals surface area contributed by atoms with Gasteiger partial charge < -0.3 is 5.32 Å². The number of halogens is 1. The van der Waals surface area contributed by atoms with Crippen LogP contribution in [0.4, 0.5) is 4.39 Å². The smallest absolute Gasteiger partial charge is 0.243 e. The van der Waals surface area contributed by atoms with Crippen molar-refractivity contribution >= 4 is 29.5 Å². The summed E-state index contributed by atoms with van der Waals surface area (Å²) in [6.45, 7) is 0.234. The summed E-state index contributed by atoms with van der Waals surface area (Å²) in [6.07, 6.45) is 5.76. The largest absolute Gasteiger partial charge is 0.350 e. The molecule has 5 nitrogen and oxygen atoms in total. The molecule has 3 unspecified atom stereocenters. The Morgan fingerprint density at radius 1 is 1.19 bits per heavy atom. The van der Waals surface area contributed by atoms with E-state index in [0.717, 1.165) is 31.2 Å². The minimum absolute atomic E-state index is 0.187. The molecule has 1 aromatic carbocycles. The van der Waals surface area contributed by atoms with Gasteiger partial charge in [-0.1, -0.05) is 25.0 Å². The van der Waals surface area contributed by atoms with E-state index in [2.05, 4.69) is 5.32 Å². The quantitative estimate of drug-likeness (QED) is 0.725. The van der Waals surface area contributed by atoms with Crippen LogP contribution in [0, 0.1) is 17.7 Å². The lowest BCUT2D eigenvalue weighted by Gasteiger charge is -2.26. The summed E-state index contributed by atoms with van der Waals surface area (Å²) in [5.41, 5.74) is 0.765. The third-order valence-corrected chi connectivity index (χ3v) is 6.11. The minimum Gasteiger partial charge on any atom is -0.350 e. The zero-order valence-electron chi connectivity index (χ0n) is 15.4. The average Bonchev–Trinajstić information content (AvgIpc) is 2.93. The zero-order chi connectivity index (χ0) is 19.4. The van der Waals surface area contributed by atoms with Crippen molar-refractivity contribution in [1.82, 2.24) is 10.2 Å². The molecule has 1 saturated heterocycles. The van der Waals surface area contributed by atoms with Gasteiger partial charge in [0.05, 0.1) is 11.8 Å². The van der Waals surface area contributed by atoms with Crippen LogP contribution in [0.1, 0.15) is 37.7 Å². The summed E-state index contributed by atoms with van der Waals surface area (Å²) < 4.78 is 13.0. The summed E-state index contributed by atoms with van der Waals surface area (Å²) >= 11 is 1.58. The van der Waals surface area contributed by atoms with Gasteiger partial charge in [0.1, 0.15) is 11.9 Å². The monoisotopic (exact) mass is 392 g/mol. The van der Waals surface area contributed by atoms with Gasteiger partial charge in [-0.3, -0.25) is 19.3 Å². The topological polar surface area (TPSA) is 66.5 Å². The highest BCUT2D eigenvalue weighted by molar-refractivity contribution is 7.98. The Morgan fingerprint density at radius 3 is 2.33 bits per heavy atom. The molecular formula is C20H25FN2O3S. The first-order valence-corrected chi connectivity index (χ1v) is 10.8. The van der Waals surface area contributed by atoms with Crippen molar-refractivity contribution in [3.8, 4) is 0 Å². The number of amides is 3. The zero-order valence-corrected chi connectivity index (χ0v) is 16.3. The van der Waals surface area contributed by atoms with Gasteiger partial charge >= 0.3 is 0 Å². The van der Waals surface area contributed by atoms with Crippen molar-refractivity contribution in [1.29, 1.82) is 0 Å². The van der Waals surface area contributed by atoms with E-state index >= 15 is 0 Å². The van der Waals surface area contributed by atoms with E-state index < -0.39 is 6.04 Å². The Kier molecular flexibility index (Phi) is 6.52. The molecule has 0 spiro atoms. The molecule has 146 valence electrons. The second kappa shape index (κ2) is 8.87. The first-order valence-electron chi connectivity index (χ1n) is 9.41. The lowest BCUT2D eigenvalue weighted by atomic mass is 9.81. The number of hydrogen-bond acceptors (Lipinski definition) is 4. The lowest BCUT2D eigenvalue weighted by molar-refractivity contribution is -0.148. The number of thioether (sulfide) groups is 1. The molecular weight excluding hydrogens is 367 g/mol. The maximum Gasteiger partial charge on any atom is 0.243 e. The standard InChI is InChI=1S/C20H25FN2O3S/c1-27-11-10-17(18(24)22-12-13-6-8-14(21)9-7-13)23-19(25)15-4-2-3-5-16(15)20(23)26/h6-9,15-17H,2-5,10-12H2,1H3,(H,22,24). The maximum absolute atomic E-state index is 13.0. The summed E-state index contributed by atoms with van der Waals surface area (Å²) in [5, 5.41) is 2.81. The predicted octanol–water partition coefficient (Wildman–Crippen LogP) is 2.74. The Balaban J connectivity index is 1.72. The van der Waals surface area contributed by atoms with Crippen molar-refractivity contribution in [3.05, 3.63) is 35.6 Å². The number of carbonyl (C=O) groups is 3. The van der Waals surface area contributed by atoms with Gasteiger partial charge in [0.2, 0.25) is 17.7 Å². The van der Waals surface area contributed by atoms with Crippen LogP contribution in [0.25, 0.3) is 0 Å². The molecule has 0 aromatic heterocycles. The minimum atomic E-state index is -0.775. The Morgan fingerprint density at radius 2 is 1.78 bits per heavy atom. The molecule has 2 aliphatic rings. The fourth-order valence-electron chi connectivity index (χ4n) is 4.01. The van der Waals surface area contributed by atoms with E-state index in [1.165, 1.54) is 17.0 Å². The van der Waals surface area contributed by atoms with Crippen LogP contribution in [0.5, 0.6) is 0 Å². The molecule has 0 radical (unpaired) electrons. The highest BCUT2D eigenvalue weighted by atomic mass is 32.2. The van der Waals surface area contributed by atoms with Crippen LogP contribution < -0.4 is 5.32 Å². The van der Waals surface area contributed by atoms with Crippen molar-refractivity contribution in [2.45, 2.75) is 44.7 Å². The van der Waals surface area contributed by atoms with Gasteiger partial charge in [0, 0.05) is 6.54 Å². The van der Waals surface area contributed by atoms with Gasteiger partial charge in [-0.15, -0.1) is 0 Å². The summed E-state index contributed by atoms with van der Waals surface area (Å²) in [5.74, 6) is -0.866. The average molecular weight is 392 g/mol. The van der Waals surface area contributed by atoms with Gasteiger partial charge in [-0.2, -0.15) is 11.8 Å². The number of rotatable bonds is 7. The summed E-state index contributed by atoms with van der Waals surface area (Å²) in [7, 11) is 0. The molecule has 7 heteroatoms. The van der Waals surface area contributed by atoms with Gasteiger partial charge in [-0.05, 0) is 49.0 Å². The van der Waals surface area contributed by atoms with Crippen LogP contribution in [-0.2, 0) is 20.9 Å². The second-order valence-corrected chi connectivity index (χ2v) is 8.17. The van der Waals surface area contributed by atoms with Crippen LogP contribution in [-0.4, -0.2) is 40.7 Å². The molecule has 1 N–H and O–H groups in total. The maximum atomic E-state index is 13.0. The first-order chi connectivity index (χ1) is 13.0. The Hall–Kier alpha value is -1.89. The number of benzene rings is 1. The molecule has 3 amide bonds. The van der Waals surface area contributed by atoms with Crippen molar-refractivity contribution in [2.24, 2.45) is 11.8 Å². The molecule has 3 atom stereocenters. The second-order valence-electron chi connectivity index (χ2n) is 7.19. The Labute approximate surface area is 163 Å². The molecule has 27 heavy (non-hydrogen) atoms. The molecule has 3 rings (SSSR count). The fraction of sp³-hybridized carbons (Fsp3) is 0.550. The third kappa shape index (κ3) is 4.34. The number of fused-ring (bicyclic) bond motifs is 1. The Bertz CT molecular complexity index is 686. The van der Waals surface area contributed by atoms with E-state index in [-0.39, 0.29) is 41.9 Å². The molecule has 1 saturated carbocycles. The summed E-state index contributed by atoms with van der Waals surface area (Å²) in [4.78, 5) is 39.8. The number of nitrogens with zero attached hydrogens (tertiary/aromatic N) is 1. The lowest BCUT2D eigenvalue weighted by Crippen LogP contribution is -2.50. The SMILES string of the molecule is CSCCC(C(=O)NCc1ccc(F)cc1)N1C(=O)C2CCCCC2C1=O. The number of nitrogens with one attached hydrogen (secondary N) is 1. The molecule has 1 aromatic rings. The number of hydrogen-bond donors (Lipinski definition) is 1. The summed E-state index contributed by atoms with van der Waals surface area (Å²) in [6, 6.07) is 5.11. The molecule has 1 heterocycles. The van der Waals surface area contributed by atoms with Gasteiger partial charge in [0.15, 0.2) is 0 Å². The van der Waals surface area contributed by atoms with E-state index in [9.17, 15) is 18.8 Å². The van der Waals surface area contributed by atoms with E-state index in [0.29, 0.717) is 12.2 Å². The first kappa shape index (κ1) is 19.9. The van der Waals surface area contributed by atoms with Crippen LogP contribution in [0.2, 0.25) is 0 Å².